The minimum Gasteiger partial charge on any atom is -0.341 e. The van der Waals surface area contributed by atoms with E-state index in [1.807, 2.05) is 35.2 Å². The molecule has 0 bridgehead atoms. The maximum absolute atomic E-state index is 12.1. The zero-order valence-electron chi connectivity index (χ0n) is 9.60. The monoisotopic (exact) mass is 218 g/mol. The van der Waals surface area contributed by atoms with Crippen LogP contribution in [0.5, 0.6) is 0 Å². The molecule has 2 N–H and O–H groups in total. The standard InChI is InChI=1S/C13H18N2O/c1-10-7-8-15(9-10)13(16)12(14)11-5-3-2-4-6-11/h2-6,10,12H,7-9,14H2,1H3. The molecule has 1 aliphatic rings. The number of nitrogens with zero attached hydrogens (tertiary/aromatic N) is 1. The maximum Gasteiger partial charge on any atom is 0.244 e. The minimum absolute atomic E-state index is 0.0514. The van der Waals surface area contributed by atoms with E-state index in [0.29, 0.717) is 5.92 Å². The molecule has 0 aromatic heterocycles. The van der Waals surface area contributed by atoms with Crippen LogP contribution in [0.1, 0.15) is 24.9 Å². The molecule has 0 spiro atoms. The first-order chi connectivity index (χ1) is 7.68. The number of nitrogens with two attached hydrogens (primary N) is 1. The molecule has 3 heteroatoms. The number of benzene rings is 1. The molecule has 1 fully saturated rings. The zero-order valence-corrected chi connectivity index (χ0v) is 9.60. The van der Waals surface area contributed by atoms with Crippen molar-refractivity contribution < 1.29 is 4.79 Å². The van der Waals surface area contributed by atoms with Crippen molar-refractivity contribution in [3.05, 3.63) is 35.9 Å². The predicted molar refractivity (Wildman–Crippen MR) is 63.7 cm³/mol. The maximum atomic E-state index is 12.1. The lowest BCUT2D eigenvalue weighted by Gasteiger charge is -2.20. The fourth-order valence-corrected chi connectivity index (χ4v) is 2.13. The van der Waals surface area contributed by atoms with Crippen LogP contribution in [0.15, 0.2) is 30.3 Å². The highest BCUT2D eigenvalue weighted by Crippen LogP contribution is 2.20. The van der Waals surface area contributed by atoms with E-state index in [-0.39, 0.29) is 5.91 Å². The summed E-state index contributed by atoms with van der Waals surface area (Å²) in [5, 5.41) is 0. The van der Waals surface area contributed by atoms with Gasteiger partial charge in [0.05, 0.1) is 0 Å². The summed E-state index contributed by atoms with van der Waals surface area (Å²) in [6, 6.07) is 9.05. The highest BCUT2D eigenvalue weighted by atomic mass is 16.2. The van der Waals surface area contributed by atoms with E-state index in [4.69, 9.17) is 5.73 Å². The van der Waals surface area contributed by atoms with Crippen molar-refractivity contribution in [2.24, 2.45) is 11.7 Å². The Morgan fingerprint density at radius 2 is 2.12 bits per heavy atom. The van der Waals surface area contributed by atoms with Crippen LogP contribution < -0.4 is 5.73 Å². The molecule has 16 heavy (non-hydrogen) atoms. The van der Waals surface area contributed by atoms with Crippen molar-refractivity contribution in [2.75, 3.05) is 13.1 Å². The van der Waals surface area contributed by atoms with Gasteiger partial charge < -0.3 is 10.6 Å². The number of amides is 1. The third kappa shape index (κ3) is 2.25. The summed E-state index contributed by atoms with van der Waals surface area (Å²) < 4.78 is 0. The van der Waals surface area contributed by atoms with Crippen molar-refractivity contribution in [1.29, 1.82) is 0 Å². The van der Waals surface area contributed by atoms with Crippen LogP contribution in [0.25, 0.3) is 0 Å². The van der Waals surface area contributed by atoms with E-state index in [1.165, 1.54) is 0 Å². The molecular weight excluding hydrogens is 200 g/mol. The SMILES string of the molecule is CC1CCN(C(=O)C(N)c2ccccc2)C1. The fraction of sp³-hybridized carbons (Fsp3) is 0.462. The second kappa shape index (κ2) is 4.66. The van der Waals surface area contributed by atoms with Gasteiger partial charge in [-0.25, -0.2) is 0 Å². The Bertz CT molecular complexity index is 363. The molecule has 2 atom stereocenters. The first-order valence-electron chi connectivity index (χ1n) is 5.78. The van der Waals surface area contributed by atoms with Gasteiger partial charge in [-0.2, -0.15) is 0 Å². The van der Waals surface area contributed by atoms with Gasteiger partial charge in [0.2, 0.25) is 5.91 Å². The molecule has 2 rings (SSSR count). The number of carbonyl (C=O) groups is 1. The number of rotatable bonds is 2. The fourth-order valence-electron chi connectivity index (χ4n) is 2.13. The van der Waals surface area contributed by atoms with Crippen molar-refractivity contribution in [2.45, 2.75) is 19.4 Å². The molecular formula is C13H18N2O. The van der Waals surface area contributed by atoms with Gasteiger partial charge in [0, 0.05) is 13.1 Å². The van der Waals surface area contributed by atoms with Gasteiger partial charge in [0.25, 0.3) is 0 Å². The molecule has 1 aromatic carbocycles. The van der Waals surface area contributed by atoms with E-state index in [9.17, 15) is 4.79 Å². The molecule has 1 aromatic rings. The third-order valence-electron chi connectivity index (χ3n) is 3.16. The van der Waals surface area contributed by atoms with Crippen LogP contribution in [0.2, 0.25) is 0 Å². The third-order valence-corrected chi connectivity index (χ3v) is 3.16. The molecule has 0 radical (unpaired) electrons. The number of likely N-dealkylation sites (tertiary alicyclic amines) is 1. The molecule has 1 aliphatic heterocycles. The van der Waals surface area contributed by atoms with Gasteiger partial charge in [0.15, 0.2) is 0 Å². The molecule has 1 heterocycles. The van der Waals surface area contributed by atoms with E-state index in [0.717, 1.165) is 25.1 Å². The average Bonchev–Trinajstić information content (AvgIpc) is 2.75. The van der Waals surface area contributed by atoms with Crippen LogP contribution >= 0.6 is 0 Å². The highest BCUT2D eigenvalue weighted by Gasteiger charge is 2.27. The summed E-state index contributed by atoms with van der Waals surface area (Å²) in [7, 11) is 0. The van der Waals surface area contributed by atoms with Crippen molar-refractivity contribution in [3.8, 4) is 0 Å². The summed E-state index contributed by atoms with van der Waals surface area (Å²) in [5.41, 5.74) is 6.87. The second-order valence-electron chi connectivity index (χ2n) is 4.57. The second-order valence-corrected chi connectivity index (χ2v) is 4.57. The van der Waals surface area contributed by atoms with Gasteiger partial charge in [0.1, 0.15) is 6.04 Å². The zero-order chi connectivity index (χ0) is 11.5. The quantitative estimate of drug-likeness (QED) is 0.818. The normalized spacial score (nSPS) is 22.1. The van der Waals surface area contributed by atoms with Crippen LogP contribution in [0.3, 0.4) is 0 Å². The topological polar surface area (TPSA) is 46.3 Å². The number of hydrogen-bond donors (Lipinski definition) is 1. The molecule has 0 saturated carbocycles. The van der Waals surface area contributed by atoms with Crippen molar-refractivity contribution in [1.82, 2.24) is 4.90 Å². The van der Waals surface area contributed by atoms with Crippen LogP contribution in [0, 0.1) is 5.92 Å². The summed E-state index contributed by atoms with van der Waals surface area (Å²) in [6.07, 6.45) is 1.09. The minimum atomic E-state index is -0.508. The molecule has 1 amide bonds. The average molecular weight is 218 g/mol. The van der Waals surface area contributed by atoms with Gasteiger partial charge in [-0.05, 0) is 17.9 Å². The highest BCUT2D eigenvalue weighted by molar-refractivity contribution is 5.83. The van der Waals surface area contributed by atoms with Crippen molar-refractivity contribution in [3.63, 3.8) is 0 Å². The first-order valence-corrected chi connectivity index (χ1v) is 5.78. The van der Waals surface area contributed by atoms with E-state index in [2.05, 4.69) is 6.92 Å². The first kappa shape index (κ1) is 11.1. The number of carbonyl (C=O) groups excluding carboxylic acids is 1. The summed E-state index contributed by atoms with van der Waals surface area (Å²) >= 11 is 0. The molecule has 0 aliphatic carbocycles. The van der Waals surface area contributed by atoms with Crippen LogP contribution in [-0.2, 0) is 4.79 Å². The Balaban J connectivity index is 2.05. The molecule has 86 valence electrons. The lowest BCUT2D eigenvalue weighted by Crippen LogP contribution is -2.36. The lowest BCUT2D eigenvalue weighted by molar-refractivity contribution is -0.131. The van der Waals surface area contributed by atoms with E-state index in [1.54, 1.807) is 0 Å². The summed E-state index contributed by atoms with van der Waals surface area (Å²) in [4.78, 5) is 14.0. The summed E-state index contributed by atoms with van der Waals surface area (Å²) in [6.45, 7) is 3.86. The molecule has 3 nitrogen and oxygen atoms in total. The van der Waals surface area contributed by atoms with Gasteiger partial charge in [-0.3, -0.25) is 4.79 Å². The van der Waals surface area contributed by atoms with Gasteiger partial charge in [-0.15, -0.1) is 0 Å². The predicted octanol–water partition coefficient (Wildman–Crippen LogP) is 1.55. The Labute approximate surface area is 96.2 Å². The number of hydrogen-bond acceptors (Lipinski definition) is 2. The smallest absolute Gasteiger partial charge is 0.244 e. The van der Waals surface area contributed by atoms with Gasteiger partial charge >= 0.3 is 0 Å². The largest absolute Gasteiger partial charge is 0.341 e. The lowest BCUT2D eigenvalue weighted by atomic mass is 10.1. The Morgan fingerprint density at radius 3 is 2.69 bits per heavy atom. The van der Waals surface area contributed by atoms with E-state index >= 15 is 0 Å². The summed E-state index contributed by atoms with van der Waals surface area (Å²) in [5.74, 6) is 0.655. The Kier molecular flexibility index (Phi) is 3.25. The van der Waals surface area contributed by atoms with Gasteiger partial charge in [-0.1, -0.05) is 37.3 Å². The Hall–Kier alpha value is -1.35. The van der Waals surface area contributed by atoms with Crippen LogP contribution in [0.4, 0.5) is 0 Å². The Morgan fingerprint density at radius 1 is 1.44 bits per heavy atom. The van der Waals surface area contributed by atoms with E-state index < -0.39 is 6.04 Å². The van der Waals surface area contributed by atoms with Crippen molar-refractivity contribution >= 4 is 5.91 Å². The molecule has 2 unspecified atom stereocenters. The molecule has 1 saturated heterocycles. The van der Waals surface area contributed by atoms with Crippen LogP contribution in [-0.4, -0.2) is 23.9 Å².